The number of benzene rings is 2. The predicted octanol–water partition coefficient (Wildman–Crippen LogP) is 4.75. The number of hydrogen-bond donors (Lipinski definition) is 1. The minimum absolute atomic E-state index is 0.0190. The summed E-state index contributed by atoms with van der Waals surface area (Å²) in [5.74, 6) is 0.179. The minimum Gasteiger partial charge on any atom is -0.326 e. The Bertz CT molecular complexity index is 977. The highest BCUT2D eigenvalue weighted by Gasteiger charge is 2.12. The molecule has 0 saturated carbocycles. The molecule has 0 aliphatic heterocycles. The van der Waals surface area contributed by atoms with Crippen molar-refractivity contribution in [3.05, 3.63) is 72.1 Å². The van der Waals surface area contributed by atoms with Crippen LogP contribution >= 0.6 is 11.8 Å². The zero-order valence-electron chi connectivity index (χ0n) is 16.2. The van der Waals surface area contributed by atoms with Crippen LogP contribution in [0.3, 0.4) is 0 Å². The van der Waals surface area contributed by atoms with Crippen LogP contribution in [0, 0.1) is 12.8 Å². The van der Waals surface area contributed by atoms with Gasteiger partial charge in [-0.1, -0.05) is 37.7 Å². The van der Waals surface area contributed by atoms with Crippen molar-refractivity contribution in [1.82, 2.24) is 9.55 Å². The normalized spacial score (nSPS) is 10.9. The maximum absolute atomic E-state index is 12.5. The van der Waals surface area contributed by atoms with Crippen molar-refractivity contribution in [3.63, 3.8) is 0 Å². The van der Waals surface area contributed by atoms with Crippen LogP contribution in [0.25, 0.3) is 5.69 Å². The summed E-state index contributed by atoms with van der Waals surface area (Å²) in [5.41, 5.74) is 3.50. The molecule has 1 N–H and O–H groups in total. The molecule has 0 aliphatic carbocycles. The molecule has 1 aromatic heterocycles. The summed E-state index contributed by atoms with van der Waals surface area (Å²) in [7, 11) is 0. The molecule has 0 saturated heterocycles. The van der Waals surface area contributed by atoms with E-state index in [1.54, 1.807) is 30.5 Å². The van der Waals surface area contributed by atoms with Crippen LogP contribution < -0.4 is 5.32 Å². The van der Waals surface area contributed by atoms with E-state index in [1.807, 2.05) is 49.7 Å². The average Bonchev–Trinajstić information content (AvgIpc) is 3.15. The van der Waals surface area contributed by atoms with Gasteiger partial charge in [-0.2, -0.15) is 0 Å². The number of carbonyl (C=O) groups is 2. The van der Waals surface area contributed by atoms with Gasteiger partial charge in [0.15, 0.2) is 10.9 Å². The number of aryl methyl sites for hydroxylation is 1. The summed E-state index contributed by atoms with van der Waals surface area (Å²) in [6, 6.07) is 15.1. The van der Waals surface area contributed by atoms with E-state index >= 15 is 0 Å². The van der Waals surface area contributed by atoms with Crippen LogP contribution in [0.15, 0.2) is 66.1 Å². The van der Waals surface area contributed by atoms with Crippen molar-refractivity contribution in [3.8, 4) is 5.69 Å². The van der Waals surface area contributed by atoms with Gasteiger partial charge in [0.1, 0.15) is 0 Å². The molecule has 0 fully saturated rings. The SMILES string of the molecule is Cc1cccc(-n2ccnc2SCC(=O)c2ccc(NC(=O)C(C)C)cc2)c1. The van der Waals surface area contributed by atoms with Crippen molar-refractivity contribution in [2.75, 3.05) is 11.1 Å². The number of Topliss-reactive ketones (excluding diaryl/α,β-unsaturated/α-hetero) is 1. The first-order valence-corrected chi connectivity index (χ1v) is 10.1. The molecule has 0 radical (unpaired) electrons. The van der Waals surface area contributed by atoms with Gasteiger partial charge >= 0.3 is 0 Å². The zero-order chi connectivity index (χ0) is 20.1. The van der Waals surface area contributed by atoms with Crippen molar-refractivity contribution in [1.29, 1.82) is 0 Å². The van der Waals surface area contributed by atoms with Gasteiger partial charge in [-0.05, 0) is 48.9 Å². The highest BCUT2D eigenvalue weighted by atomic mass is 32.2. The second-order valence-corrected chi connectivity index (χ2v) is 7.79. The smallest absolute Gasteiger partial charge is 0.226 e. The average molecular weight is 394 g/mol. The van der Waals surface area contributed by atoms with E-state index in [2.05, 4.69) is 16.4 Å². The van der Waals surface area contributed by atoms with E-state index in [4.69, 9.17) is 0 Å². The standard InChI is InChI=1S/C22H23N3O2S/c1-15(2)21(27)24-18-9-7-17(8-10-18)20(26)14-28-22-23-11-12-25(22)19-6-4-5-16(3)13-19/h4-13,15H,14H2,1-3H3,(H,24,27). The van der Waals surface area contributed by atoms with Crippen molar-refractivity contribution in [2.45, 2.75) is 25.9 Å². The van der Waals surface area contributed by atoms with Gasteiger partial charge in [-0.25, -0.2) is 4.98 Å². The summed E-state index contributed by atoms with van der Waals surface area (Å²) in [6.45, 7) is 5.72. The highest BCUT2D eigenvalue weighted by Crippen LogP contribution is 2.22. The monoisotopic (exact) mass is 393 g/mol. The number of aromatic nitrogens is 2. The molecular formula is C22H23N3O2S. The molecule has 28 heavy (non-hydrogen) atoms. The largest absolute Gasteiger partial charge is 0.326 e. The van der Waals surface area contributed by atoms with Crippen molar-refractivity contribution >= 4 is 29.1 Å². The maximum Gasteiger partial charge on any atom is 0.226 e. The molecule has 3 rings (SSSR count). The van der Waals surface area contributed by atoms with E-state index in [-0.39, 0.29) is 17.6 Å². The van der Waals surface area contributed by atoms with Crippen LogP contribution in [0.4, 0.5) is 5.69 Å². The van der Waals surface area contributed by atoms with E-state index in [0.29, 0.717) is 17.0 Å². The summed E-state index contributed by atoms with van der Waals surface area (Å²) < 4.78 is 1.98. The fourth-order valence-corrected chi connectivity index (χ4v) is 3.48. The molecule has 0 atom stereocenters. The third kappa shape index (κ3) is 4.89. The predicted molar refractivity (Wildman–Crippen MR) is 113 cm³/mol. The molecule has 5 nitrogen and oxygen atoms in total. The first-order valence-electron chi connectivity index (χ1n) is 9.11. The molecule has 144 valence electrons. The summed E-state index contributed by atoms with van der Waals surface area (Å²) in [4.78, 5) is 28.7. The Kier molecular flexibility index (Phi) is 6.31. The number of amides is 1. The molecule has 1 amide bonds. The number of hydrogen-bond acceptors (Lipinski definition) is 4. The van der Waals surface area contributed by atoms with E-state index < -0.39 is 0 Å². The number of anilines is 1. The number of rotatable bonds is 7. The lowest BCUT2D eigenvalue weighted by atomic mass is 10.1. The van der Waals surface area contributed by atoms with Gasteiger partial charge in [0, 0.05) is 35.2 Å². The molecule has 0 bridgehead atoms. The van der Waals surface area contributed by atoms with E-state index in [1.165, 1.54) is 17.3 Å². The Morgan fingerprint density at radius 2 is 1.89 bits per heavy atom. The van der Waals surface area contributed by atoms with Crippen LogP contribution in [0.2, 0.25) is 0 Å². The fourth-order valence-electron chi connectivity index (χ4n) is 2.61. The van der Waals surface area contributed by atoms with Crippen LogP contribution in [-0.4, -0.2) is 27.0 Å². The van der Waals surface area contributed by atoms with Crippen LogP contribution in [-0.2, 0) is 4.79 Å². The third-order valence-corrected chi connectivity index (χ3v) is 5.18. The van der Waals surface area contributed by atoms with E-state index in [9.17, 15) is 9.59 Å². The molecule has 0 spiro atoms. The van der Waals surface area contributed by atoms with Gasteiger partial charge in [-0.15, -0.1) is 0 Å². The molecule has 0 aliphatic rings. The minimum atomic E-state index is -0.0881. The quantitative estimate of drug-likeness (QED) is 0.465. The van der Waals surface area contributed by atoms with Crippen LogP contribution in [0.1, 0.15) is 29.8 Å². The molecule has 2 aromatic carbocycles. The van der Waals surface area contributed by atoms with Crippen molar-refractivity contribution in [2.24, 2.45) is 5.92 Å². The number of nitrogens with one attached hydrogen (secondary N) is 1. The maximum atomic E-state index is 12.5. The number of nitrogens with zero attached hydrogens (tertiary/aromatic N) is 2. The topological polar surface area (TPSA) is 64.0 Å². The first-order chi connectivity index (χ1) is 13.4. The number of carbonyl (C=O) groups excluding carboxylic acids is 2. The van der Waals surface area contributed by atoms with E-state index in [0.717, 1.165) is 10.8 Å². The fraction of sp³-hybridized carbons (Fsp3) is 0.227. The van der Waals surface area contributed by atoms with Crippen molar-refractivity contribution < 1.29 is 9.59 Å². The second kappa shape index (κ2) is 8.89. The van der Waals surface area contributed by atoms with Crippen LogP contribution in [0.5, 0.6) is 0 Å². The lowest BCUT2D eigenvalue weighted by molar-refractivity contribution is -0.118. The Morgan fingerprint density at radius 3 is 2.57 bits per heavy atom. The Labute approximate surface area is 169 Å². The first kappa shape index (κ1) is 19.9. The molecular weight excluding hydrogens is 370 g/mol. The van der Waals surface area contributed by atoms with Gasteiger partial charge < -0.3 is 5.32 Å². The molecule has 1 heterocycles. The highest BCUT2D eigenvalue weighted by molar-refractivity contribution is 7.99. The Morgan fingerprint density at radius 1 is 1.14 bits per heavy atom. The van der Waals surface area contributed by atoms with Gasteiger partial charge in [-0.3, -0.25) is 14.2 Å². The lowest BCUT2D eigenvalue weighted by Crippen LogP contribution is -2.17. The van der Waals surface area contributed by atoms with Gasteiger partial charge in [0.2, 0.25) is 5.91 Å². The third-order valence-electron chi connectivity index (χ3n) is 4.22. The number of thioether (sulfide) groups is 1. The van der Waals surface area contributed by atoms with Gasteiger partial charge in [0.05, 0.1) is 5.75 Å². The number of ketones is 1. The summed E-state index contributed by atoms with van der Waals surface area (Å²) >= 11 is 1.41. The second-order valence-electron chi connectivity index (χ2n) is 6.85. The summed E-state index contributed by atoms with van der Waals surface area (Å²) in [5, 5.41) is 3.60. The van der Waals surface area contributed by atoms with Gasteiger partial charge in [0.25, 0.3) is 0 Å². The lowest BCUT2D eigenvalue weighted by Gasteiger charge is -2.09. The Hall–Kier alpha value is -2.86. The molecule has 3 aromatic rings. The number of imidazole rings is 1. The molecule has 6 heteroatoms. The molecule has 0 unspecified atom stereocenters. The summed E-state index contributed by atoms with van der Waals surface area (Å²) in [6.07, 6.45) is 3.63. The zero-order valence-corrected chi connectivity index (χ0v) is 17.0. The Balaban J connectivity index is 1.64.